The quantitative estimate of drug-likeness (QED) is 0.693. The summed E-state index contributed by atoms with van der Waals surface area (Å²) in [5.41, 5.74) is 0.845. The van der Waals surface area contributed by atoms with Crippen molar-refractivity contribution in [2.45, 2.75) is 6.61 Å². The van der Waals surface area contributed by atoms with Crippen LogP contribution in [0.5, 0.6) is 0 Å². The van der Waals surface area contributed by atoms with Gasteiger partial charge in [-0.1, -0.05) is 6.07 Å². The molecule has 0 aliphatic carbocycles. The monoisotopic (exact) mass is 277 g/mol. The van der Waals surface area contributed by atoms with Gasteiger partial charge in [-0.2, -0.15) is 5.26 Å². The number of rotatable bonds is 3. The van der Waals surface area contributed by atoms with Crippen LogP contribution in [0, 0.1) is 17.1 Å². The Kier molecular flexibility index (Phi) is 3.79. The molecule has 1 aromatic carbocycles. The first-order chi connectivity index (χ1) is 9.08. The zero-order valence-electron chi connectivity index (χ0n) is 10.5. The van der Waals surface area contributed by atoms with Crippen molar-refractivity contribution < 1.29 is 9.50 Å². The fraction of sp³-hybridized carbons (Fsp3) is 0.231. The van der Waals surface area contributed by atoms with E-state index in [1.165, 1.54) is 12.1 Å². The number of hydrogen-bond acceptors (Lipinski definition) is 4. The molecule has 19 heavy (non-hydrogen) atoms. The molecule has 0 amide bonds. The standard InChI is InChI=1S/C13H12FN3OS/c1-17(2)7-16-13-9(5-15)11-8(6-18)3-4-10(14)12(11)19-13/h3-4,7,18H,6H2,1-2H3/b16-7+. The van der Waals surface area contributed by atoms with Gasteiger partial charge in [-0.15, -0.1) is 11.3 Å². The zero-order valence-corrected chi connectivity index (χ0v) is 11.3. The molecule has 2 rings (SSSR count). The van der Waals surface area contributed by atoms with E-state index < -0.39 is 5.82 Å². The predicted octanol–water partition coefficient (Wildman–Crippen LogP) is 2.63. The van der Waals surface area contributed by atoms with E-state index in [4.69, 9.17) is 0 Å². The summed E-state index contributed by atoms with van der Waals surface area (Å²) in [6, 6.07) is 4.83. The lowest BCUT2D eigenvalue weighted by Gasteiger charge is -2.01. The fourth-order valence-corrected chi connectivity index (χ4v) is 2.76. The van der Waals surface area contributed by atoms with E-state index in [-0.39, 0.29) is 6.61 Å². The molecule has 6 heteroatoms. The molecule has 0 spiro atoms. The molecule has 1 aromatic heterocycles. The molecule has 0 radical (unpaired) electrons. The van der Waals surface area contributed by atoms with Crippen LogP contribution in [0.1, 0.15) is 11.1 Å². The van der Waals surface area contributed by atoms with E-state index in [9.17, 15) is 14.8 Å². The second-order valence-electron chi connectivity index (χ2n) is 4.17. The summed E-state index contributed by atoms with van der Waals surface area (Å²) in [6.45, 7) is -0.237. The first-order valence-corrected chi connectivity index (χ1v) is 6.35. The molecule has 0 aliphatic heterocycles. The highest BCUT2D eigenvalue weighted by Crippen LogP contribution is 2.40. The topological polar surface area (TPSA) is 59.6 Å². The predicted molar refractivity (Wildman–Crippen MR) is 74.3 cm³/mol. The summed E-state index contributed by atoms with van der Waals surface area (Å²) >= 11 is 1.11. The highest BCUT2D eigenvalue weighted by atomic mass is 32.1. The van der Waals surface area contributed by atoms with Crippen molar-refractivity contribution in [2.75, 3.05) is 14.1 Å². The smallest absolute Gasteiger partial charge is 0.141 e. The molecule has 0 fully saturated rings. The van der Waals surface area contributed by atoms with Gasteiger partial charge in [0.15, 0.2) is 0 Å². The number of aliphatic hydroxyl groups is 1. The number of thiophene rings is 1. The number of halogens is 1. The average Bonchev–Trinajstić information content (AvgIpc) is 2.76. The molecule has 0 aliphatic rings. The molecule has 0 atom stereocenters. The van der Waals surface area contributed by atoms with Gasteiger partial charge in [0.25, 0.3) is 0 Å². The second-order valence-corrected chi connectivity index (χ2v) is 5.17. The van der Waals surface area contributed by atoms with Crippen molar-refractivity contribution in [1.29, 1.82) is 5.26 Å². The summed E-state index contributed by atoms with van der Waals surface area (Å²) in [7, 11) is 3.62. The number of aliphatic imine (C=N–C) groups is 1. The van der Waals surface area contributed by atoms with Crippen LogP contribution >= 0.6 is 11.3 Å². The summed E-state index contributed by atoms with van der Waals surface area (Å²) in [6.07, 6.45) is 1.56. The van der Waals surface area contributed by atoms with Gasteiger partial charge in [0.2, 0.25) is 0 Å². The van der Waals surface area contributed by atoms with Crippen molar-refractivity contribution in [3.8, 4) is 6.07 Å². The summed E-state index contributed by atoms with van der Waals surface area (Å²) in [5.74, 6) is -0.403. The van der Waals surface area contributed by atoms with Crippen molar-refractivity contribution >= 4 is 32.8 Å². The van der Waals surface area contributed by atoms with Crippen LogP contribution in [0.4, 0.5) is 9.39 Å². The minimum absolute atomic E-state index is 0.237. The van der Waals surface area contributed by atoms with Crippen molar-refractivity contribution in [1.82, 2.24) is 4.90 Å². The van der Waals surface area contributed by atoms with Gasteiger partial charge >= 0.3 is 0 Å². The molecule has 0 saturated heterocycles. The Morgan fingerprint density at radius 1 is 1.53 bits per heavy atom. The maximum absolute atomic E-state index is 13.8. The number of hydrogen-bond donors (Lipinski definition) is 1. The maximum Gasteiger partial charge on any atom is 0.141 e. The second kappa shape index (κ2) is 5.34. The van der Waals surface area contributed by atoms with Gasteiger partial charge < -0.3 is 10.0 Å². The van der Waals surface area contributed by atoms with E-state index in [1.807, 2.05) is 20.2 Å². The van der Waals surface area contributed by atoms with Crippen LogP contribution in [0.3, 0.4) is 0 Å². The molecule has 1 N–H and O–H groups in total. The zero-order chi connectivity index (χ0) is 14.0. The Bertz CT molecular complexity index is 685. The number of nitriles is 1. The van der Waals surface area contributed by atoms with Gasteiger partial charge in [0.05, 0.1) is 23.2 Å². The Morgan fingerprint density at radius 2 is 2.26 bits per heavy atom. The maximum atomic E-state index is 13.8. The van der Waals surface area contributed by atoms with E-state index in [1.54, 1.807) is 11.2 Å². The molecular weight excluding hydrogens is 265 g/mol. The van der Waals surface area contributed by atoms with Crippen LogP contribution in [0.15, 0.2) is 17.1 Å². The minimum Gasteiger partial charge on any atom is -0.392 e. The molecule has 2 aromatic rings. The van der Waals surface area contributed by atoms with Gasteiger partial charge in [0.1, 0.15) is 16.9 Å². The first kappa shape index (κ1) is 13.5. The van der Waals surface area contributed by atoms with Crippen molar-refractivity contribution in [3.05, 3.63) is 29.1 Å². The molecule has 1 heterocycles. The molecule has 98 valence electrons. The summed E-state index contributed by atoms with van der Waals surface area (Å²) in [5, 5.41) is 19.5. The lowest BCUT2D eigenvalue weighted by atomic mass is 10.1. The SMILES string of the molecule is CN(C)/C=N/c1sc2c(F)ccc(CO)c2c1C#N. The molecule has 0 unspecified atom stereocenters. The number of fused-ring (bicyclic) bond motifs is 1. The average molecular weight is 277 g/mol. The normalized spacial score (nSPS) is 11.1. The summed E-state index contributed by atoms with van der Waals surface area (Å²) < 4.78 is 14.1. The highest BCUT2D eigenvalue weighted by Gasteiger charge is 2.17. The van der Waals surface area contributed by atoms with Crippen molar-refractivity contribution in [2.24, 2.45) is 4.99 Å². The van der Waals surface area contributed by atoms with Crippen molar-refractivity contribution in [3.63, 3.8) is 0 Å². The molecular formula is C13H12FN3OS. The third kappa shape index (κ3) is 2.43. The van der Waals surface area contributed by atoms with Crippen LogP contribution < -0.4 is 0 Å². The van der Waals surface area contributed by atoms with E-state index in [0.717, 1.165) is 11.3 Å². The third-order valence-electron chi connectivity index (χ3n) is 2.55. The van der Waals surface area contributed by atoms with E-state index >= 15 is 0 Å². The molecule has 0 bridgehead atoms. The Morgan fingerprint density at radius 3 is 2.84 bits per heavy atom. The Hall–Kier alpha value is -1.97. The van der Waals surface area contributed by atoms with Crippen LogP contribution in [0.2, 0.25) is 0 Å². The first-order valence-electron chi connectivity index (χ1n) is 5.54. The van der Waals surface area contributed by atoms with Gasteiger partial charge in [-0.05, 0) is 11.6 Å². The Balaban J connectivity index is 2.75. The van der Waals surface area contributed by atoms with Crippen LogP contribution in [0.25, 0.3) is 10.1 Å². The minimum atomic E-state index is -0.403. The number of aliphatic hydroxyl groups excluding tert-OH is 1. The van der Waals surface area contributed by atoms with Gasteiger partial charge in [-0.3, -0.25) is 0 Å². The number of nitrogens with zero attached hydrogens (tertiary/aromatic N) is 3. The Labute approximate surface area is 114 Å². The lowest BCUT2D eigenvalue weighted by molar-refractivity contribution is 0.283. The summed E-state index contributed by atoms with van der Waals surface area (Å²) in [4.78, 5) is 5.91. The van der Waals surface area contributed by atoms with Crippen LogP contribution in [-0.4, -0.2) is 30.4 Å². The largest absolute Gasteiger partial charge is 0.392 e. The van der Waals surface area contributed by atoms with E-state index in [2.05, 4.69) is 4.99 Å². The number of benzene rings is 1. The highest BCUT2D eigenvalue weighted by molar-refractivity contribution is 7.23. The molecule has 4 nitrogen and oxygen atoms in total. The van der Waals surface area contributed by atoms with E-state index in [0.29, 0.717) is 26.2 Å². The lowest BCUT2D eigenvalue weighted by Crippen LogP contribution is -2.06. The van der Waals surface area contributed by atoms with Gasteiger partial charge in [-0.25, -0.2) is 9.38 Å². The fourth-order valence-electron chi connectivity index (χ4n) is 1.72. The molecule has 0 saturated carbocycles. The van der Waals surface area contributed by atoms with Gasteiger partial charge in [0, 0.05) is 19.5 Å². The van der Waals surface area contributed by atoms with Crippen LogP contribution in [-0.2, 0) is 6.61 Å². The third-order valence-corrected chi connectivity index (χ3v) is 3.65.